The van der Waals surface area contributed by atoms with Crippen LogP contribution in [-0.4, -0.2) is 97.0 Å². The van der Waals surface area contributed by atoms with Crippen molar-refractivity contribution >= 4 is 11.3 Å². The first-order chi connectivity index (χ1) is 22.4. The summed E-state index contributed by atoms with van der Waals surface area (Å²) in [5, 5.41) is 29.0. The molecule has 0 saturated carbocycles. The van der Waals surface area contributed by atoms with Crippen LogP contribution in [0, 0.1) is 20.8 Å². The number of thiophene rings is 1. The number of aliphatic hydroxyl groups is 1. The van der Waals surface area contributed by atoms with E-state index in [9.17, 15) is 19.5 Å². The molecule has 4 aromatic rings. The molecule has 0 aromatic carbocycles. The van der Waals surface area contributed by atoms with Gasteiger partial charge in [-0.15, -0.1) is 0 Å². The summed E-state index contributed by atoms with van der Waals surface area (Å²) in [6, 6.07) is 3.05. The third kappa shape index (κ3) is 8.64. The highest BCUT2D eigenvalue weighted by molar-refractivity contribution is 7.07. The van der Waals surface area contributed by atoms with Crippen LogP contribution in [0.4, 0.5) is 0 Å². The Hall–Kier alpha value is -3.64. The molecule has 3 fully saturated rings. The first-order valence-electron chi connectivity index (χ1n) is 15.9. The minimum Gasteiger partial charge on any atom is -0.390 e. The van der Waals surface area contributed by atoms with E-state index in [1.807, 2.05) is 6.92 Å². The van der Waals surface area contributed by atoms with Gasteiger partial charge in [-0.2, -0.15) is 26.6 Å². The van der Waals surface area contributed by atoms with E-state index in [0.29, 0.717) is 49.5 Å². The number of ether oxygens (including phenoxy) is 2. The zero-order valence-corrected chi connectivity index (χ0v) is 28.7. The van der Waals surface area contributed by atoms with E-state index < -0.39 is 6.10 Å². The van der Waals surface area contributed by atoms with Gasteiger partial charge >= 0.3 is 17.1 Å². The second-order valence-electron chi connectivity index (χ2n) is 12.5. The zero-order chi connectivity index (χ0) is 33.8. The lowest BCUT2D eigenvalue weighted by Crippen LogP contribution is -2.49. The minimum atomic E-state index is -0.594. The summed E-state index contributed by atoms with van der Waals surface area (Å²) in [5.41, 5.74) is 0.849. The summed E-state index contributed by atoms with van der Waals surface area (Å²) in [7, 11) is 5.09. The average molecular weight is 675 g/mol. The first-order valence-corrected chi connectivity index (χ1v) is 16.8. The standard InChI is InChI=1S/C19H28N4O3S.C7H11N3O2.C4H7N3O/c1-13-20-23(19(25)21(13)2)10-17(24)9-22-15-3-4-16(22)8-18(7-15)26-11-14-5-6-27-12-14;1-5-8-10(3-6-4-12-6)7(11)9(5)2;1-3-5-6-4(8)7(3)2/h5-6,12,15-18,24H,3-4,7-11H2,1-2H3;6H,3-4H2,1-2H3;1-2H3,(H,6,8)/t15?,16?,17-,18?;6-;/m01./s1. The number of nitrogens with one attached hydrogen (secondary N) is 1. The van der Waals surface area contributed by atoms with Crippen LogP contribution in [0.25, 0.3) is 0 Å². The molecule has 2 N–H and O–H groups in total. The molecule has 4 atom stereocenters. The van der Waals surface area contributed by atoms with Gasteiger partial charge in [0.2, 0.25) is 0 Å². The summed E-state index contributed by atoms with van der Waals surface area (Å²) < 4.78 is 18.5. The summed E-state index contributed by atoms with van der Waals surface area (Å²) in [6.45, 7) is 8.23. The van der Waals surface area contributed by atoms with Crippen molar-refractivity contribution in [1.82, 2.24) is 48.4 Å². The highest BCUT2D eigenvalue weighted by Crippen LogP contribution is 2.37. The van der Waals surface area contributed by atoms with E-state index in [0.717, 1.165) is 25.3 Å². The number of aromatic nitrogens is 9. The van der Waals surface area contributed by atoms with Crippen LogP contribution in [0.15, 0.2) is 31.2 Å². The zero-order valence-electron chi connectivity index (χ0n) is 27.9. The molecule has 2 unspecified atom stereocenters. The van der Waals surface area contributed by atoms with Crippen LogP contribution >= 0.6 is 11.3 Å². The maximum absolute atomic E-state index is 12.1. The van der Waals surface area contributed by atoms with E-state index in [1.165, 1.54) is 41.5 Å². The van der Waals surface area contributed by atoms with E-state index >= 15 is 0 Å². The van der Waals surface area contributed by atoms with E-state index in [1.54, 1.807) is 46.3 Å². The van der Waals surface area contributed by atoms with Crippen molar-refractivity contribution in [2.45, 2.75) is 96.5 Å². The van der Waals surface area contributed by atoms with Crippen molar-refractivity contribution in [2.75, 3.05) is 13.2 Å². The van der Waals surface area contributed by atoms with Gasteiger partial charge in [-0.25, -0.2) is 28.8 Å². The number of rotatable bonds is 9. The Morgan fingerprint density at radius 2 is 1.57 bits per heavy atom. The molecule has 0 aliphatic carbocycles. The number of hydrogen-bond donors (Lipinski definition) is 2. The Balaban J connectivity index is 0.000000177. The first kappa shape index (κ1) is 34.7. The number of aryl methyl sites for hydroxylation is 3. The summed E-state index contributed by atoms with van der Waals surface area (Å²) >= 11 is 1.70. The lowest BCUT2D eigenvalue weighted by atomic mass is 9.99. The molecule has 0 radical (unpaired) electrons. The Bertz CT molecular complexity index is 1760. The Morgan fingerprint density at radius 3 is 2.02 bits per heavy atom. The summed E-state index contributed by atoms with van der Waals surface area (Å²) in [4.78, 5) is 36.4. The largest absolute Gasteiger partial charge is 0.390 e. The van der Waals surface area contributed by atoms with Crippen LogP contribution in [0.3, 0.4) is 0 Å². The van der Waals surface area contributed by atoms with Crippen LogP contribution < -0.4 is 17.1 Å². The molecule has 7 rings (SSSR count). The van der Waals surface area contributed by atoms with Crippen molar-refractivity contribution in [2.24, 2.45) is 21.1 Å². The molecule has 17 heteroatoms. The van der Waals surface area contributed by atoms with Gasteiger partial charge in [0.05, 0.1) is 38.5 Å². The molecule has 3 aliphatic heterocycles. The lowest BCUT2D eigenvalue weighted by Gasteiger charge is -2.39. The van der Waals surface area contributed by atoms with Crippen molar-refractivity contribution in [3.63, 3.8) is 0 Å². The number of nitrogens with zero attached hydrogens (tertiary/aromatic N) is 9. The van der Waals surface area contributed by atoms with Gasteiger partial charge in [-0.3, -0.25) is 18.6 Å². The molecule has 7 heterocycles. The molecule has 3 aliphatic rings. The predicted molar refractivity (Wildman–Crippen MR) is 174 cm³/mol. The third-order valence-electron chi connectivity index (χ3n) is 9.11. The normalized spacial score (nSPS) is 22.4. The van der Waals surface area contributed by atoms with Gasteiger partial charge in [-0.05, 0) is 68.8 Å². The van der Waals surface area contributed by atoms with Gasteiger partial charge in [0.1, 0.15) is 23.6 Å². The highest BCUT2D eigenvalue weighted by atomic mass is 32.1. The second kappa shape index (κ2) is 15.1. The van der Waals surface area contributed by atoms with Crippen LogP contribution in [0.2, 0.25) is 0 Å². The van der Waals surface area contributed by atoms with Gasteiger partial charge in [0.25, 0.3) is 0 Å². The molecular formula is C30H46N10O6S. The van der Waals surface area contributed by atoms with E-state index in [2.05, 4.69) is 42.1 Å². The van der Waals surface area contributed by atoms with Crippen LogP contribution in [0.5, 0.6) is 0 Å². The van der Waals surface area contributed by atoms with Crippen LogP contribution in [-0.2, 0) is 50.3 Å². The second-order valence-corrected chi connectivity index (χ2v) is 13.3. The number of aliphatic hydroxyl groups excluding tert-OH is 1. The van der Waals surface area contributed by atoms with Crippen molar-refractivity contribution in [3.05, 3.63) is 71.3 Å². The predicted octanol–water partition coefficient (Wildman–Crippen LogP) is 0.231. The van der Waals surface area contributed by atoms with Gasteiger partial charge in [-0.1, -0.05) is 0 Å². The summed E-state index contributed by atoms with van der Waals surface area (Å²) in [5.74, 6) is 2.10. The average Bonchev–Trinajstić information content (AvgIpc) is 3.29. The smallest absolute Gasteiger partial charge is 0.345 e. The quantitative estimate of drug-likeness (QED) is 0.234. The summed E-state index contributed by atoms with van der Waals surface area (Å²) in [6.07, 6.45) is 4.29. The molecule has 47 heavy (non-hydrogen) atoms. The van der Waals surface area contributed by atoms with Gasteiger partial charge in [0.15, 0.2) is 0 Å². The van der Waals surface area contributed by atoms with E-state index in [4.69, 9.17) is 9.47 Å². The molecule has 16 nitrogen and oxygen atoms in total. The Morgan fingerprint density at radius 1 is 0.957 bits per heavy atom. The Kier molecular flexibility index (Phi) is 11.1. The molecule has 2 bridgehead atoms. The molecule has 4 aromatic heterocycles. The minimum absolute atomic E-state index is 0.0667. The molecule has 0 amide bonds. The maximum Gasteiger partial charge on any atom is 0.345 e. The third-order valence-corrected chi connectivity index (χ3v) is 9.84. The Labute approximate surface area is 276 Å². The van der Waals surface area contributed by atoms with Crippen molar-refractivity contribution < 1.29 is 14.6 Å². The monoisotopic (exact) mass is 674 g/mol. The fourth-order valence-corrected chi connectivity index (χ4v) is 6.62. The molecule has 0 spiro atoms. The lowest BCUT2D eigenvalue weighted by molar-refractivity contribution is -0.0402. The number of piperidine rings is 1. The number of H-pyrrole nitrogens is 1. The van der Waals surface area contributed by atoms with Gasteiger partial charge < -0.3 is 14.6 Å². The van der Waals surface area contributed by atoms with Crippen molar-refractivity contribution in [3.8, 4) is 0 Å². The van der Waals surface area contributed by atoms with Gasteiger partial charge in [0, 0.05) is 39.8 Å². The topological polar surface area (TPSA) is 176 Å². The number of hydrogen-bond acceptors (Lipinski definition) is 11. The fourth-order valence-electron chi connectivity index (χ4n) is 5.97. The molecule has 3 saturated heterocycles. The molecular weight excluding hydrogens is 628 g/mol. The molecule has 258 valence electrons. The van der Waals surface area contributed by atoms with Crippen molar-refractivity contribution in [1.29, 1.82) is 0 Å². The fraction of sp³-hybridized carbons (Fsp3) is 0.667. The highest BCUT2D eigenvalue weighted by Gasteiger charge is 2.41. The SMILES string of the molecule is Cc1n[nH]c(=O)n1C.Cc1nn(C[C@@H](O)CN2C3CCC2CC(OCc2ccsc2)C3)c(=O)n1C.Cc1nn(C[C@@H]2CO2)c(=O)n1C. The number of fused-ring (bicyclic) bond motifs is 2. The van der Waals surface area contributed by atoms with Crippen LogP contribution in [0.1, 0.15) is 48.7 Å². The maximum atomic E-state index is 12.1. The van der Waals surface area contributed by atoms with E-state index in [-0.39, 0.29) is 29.7 Å². The number of epoxide rings is 1. The number of aromatic amines is 1.